The predicted octanol–water partition coefficient (Wildman–Crippen LogP) is 6.44. The lowest BCUT2D eigenvalue weighted by Gasteiger charge is -2.15. The number of nitrogens with one attached hydrogen (secondary N) is 1. The van der Waals surface area contributed by atoms with Crippen molar-refractivity contribution in [3.05, 3.63) is 69.9 Å². The maximum atomic E-state index is 12.6. The van der Waals surface area contributed by atoms with Crippen LogP contribution in [0.4, 0.5) is 11.5 Å². The van der Waals surface area contributed by atoms with Gasteiger partial charge in [-0.3, -0.25) is 4.79 Å². The highest BCUT2D eigenvalue weighted by atomic mass is 35.5. The average molecular weight is 536 g/mol. The van der Waals surface area contributed by atoms with Crippen molar-refractivity contribution in [1.29, 1.82) is 0 Å². The van der Waals surface area contributed by atoms with E-state index in [1.54, 1.807) is 23.2 Å². The Morgan fingerprint density at radius 3 is 2.81 bits per heavy atom. The number of amides is 1. The van der Waals surface area contributed by atoms with E-state index in [1.807, 2.05) is 34.5 Å². The molecule has 3 aromatic heterocycles. The number of thiazole rings is 1. The van der Waals surface area contributed by atoms with Crippen LogP contribution >= 0.6 is 34.3 Å². The van der Waals surface area contributed by atoms with Gasteiger partial charge in [0.2, 0.25) is 5.91 Å². The molecule has 1 saturated heterocycles. The molecule has 0 spiro atoms. The molecule has 36 heavy (non-hydrogen) atoms. The maximum Gasteiger partial charge on any atom is 0.226 e. The van der Waals surface area contributed by atoms with Gasteiger partial charge in [-0.05, 0) is 42.7 Å². The molecule has 0 atom stereocenters. The first-order valence-corrected chi connectivity index (χ1v) is 13.8. The van der Waals surface area contributed by atoms with Crippen molar-refractivity contribution < 1.29 is 9.53 Å². The third kappa shape index (κ3) is 4.74. The van der Waals surface area contributed by atoms with E-state index in [-0.39, 0.29) is 5.91 Å². The summed E-state index contributed by atoms with van der Waals surface area (Å²) in [5.41, 5.74) is 4.47. The number of anilines is 2. The number of aromatic nitrogens is 3. The second-order valence-electron chi connectivity index (χ2n) is 8.64. The minimum absolute atomic E-state index is 0.200. The number of halogens is 1. The largest absolute Gasteiger partial charge is 0.486 e. The van der Waals surface area contributed by atoms with Crippen molar-refractivity contribution in [3.8, 4) is 5.75 Å². The van der Waals surface area contributed by atoms with Gasteiger partial charge in [-0.15, -0.1) is 22.7 Å². The molecule has 0 unspecified atom stereocenters. The summed E-state index contributed by atoms with van der Waals surface area (Å²) in [5, 5.41) is 7.86. The first kappa shape index (κ1) is 23.1. The number of benzene rings is 2. The molecule has 4 heterocycles. The third-order valence-electron chi connectivity index (χ3n) is 6.20. The summed E-state index contributed by atoms with van der Waals surface area (Å²) >= 11 is 9.62. The van der Waals surface area contributed by atoms with Gasteiger partial charge in [0.05, 0.1) is 28.0 Å². The number of fused-ring (bicyclic) bond motifs is 3. The van der Waals surface area contributed by atoms with Crippen molar-refractivity contribution >= 4 is 72.0 Å². The van der Waals surface area contributed by atoms with E-state index >= 15 is 0 Å². The van der Waals surface area contributed by atoms with E-state index in [4.69, 9.17) is 16.3 Å². The van der Waals surface area contributed by atoms with Crippen molar-refractivity contribution in [2.75, 3.05) is 18.4 Å². The molecule has 1 aliphatic rings. The number of rotatable bonds is 7. The minimum Gasteiger partial charge on any atom is -0.486 e. The quantitative estimate of drug-likeness (QED) is 0.258. The van der Waals surface area contributed by atoms with E-state index in [1.165, 1.54) is 11.3 Å². The Bertz CT molecular complexity index is 1550. The summed E-state index contributed by atoms with van der Waals surface area (Å²) in [5.74, 6) is 1.50. The van der Waals surface area contributed by atoms with Crippen LogP contribution in [0.3, 0.4) is 0 Å². The summed E-state index contributed by atoms with van der Waals surface area (Å²) in [6.07, 6.45) is 4.19. The molecule has 5 aromatic rings. The molecule has 2 aromatic carbocycles. The Balaban J connectivity index is 1.24. The molecule has 10 heteroatoms. The smallest absolute Gasteiger partial charge is 0.226 e. The van der Waals surface area contributed by atoms with Crippen LogP contribution in [-0.2, 0) is 17.8 Å². The van der Waals surface area contributed by atoms with Crippen LogP contribution in [-0.4, -0.2) is 38.8 Å². The molecular formula is C26H22ClN5O2S2. The van der Waals surface area contributed by atoms with Gasteiger partial charge in [0.15, 0.2) is 0 Å². The summed E-state index contributed by atoms with van der Waals surface area (Å²) < 4.78 is 6.89. The number of likely N-dealkylation sites (tertiary alicyclic amines) is 1. The van der Waals surface area contributed by atoms with Gasteiger partial charge in [0.1, 0.15) is 29.3 Å². The first-order valence-electron chi connectivity index (χ1n) is 11.6. The fourth-order valence-corrected chi connectivity index (χ4v) is 6.29. The van der Waals surface area contributed by atoms with E-state index < -0.39 is 0 Å². The highest BCUT2D eigenvalue weighted by Gasteiger charge is 2.19. The summed E-state index contributed by atoms with van der Waals surface area (Å²) in [4.78, 5) is 28.7. The molecule has 0 radical (unpaired) electrons. The molecule has 1 fully saturated rings. The standard InChI is InChI=1S/C26H22ClN5O2S2/c27-20-11-17(4-6-21(20)34-12-18-13-35-15-30-18)31-25-24-19-5-3-16(10-23(33)32-7-1-2-8-32)9-22(19)36-26(24)29-14-28-25/h3-6,9,11,13-15H,1-2,7-8,10,12H2,(H,28,29,31). The lowest BCUT2D eigenvalue weighted by Crippen LogP contribution is -2.28. The molecule has 1 aliphatic heterocycles. The van der Waals surface area contributed by atoms with E-state index in [9.17, 15) is 4.79 Å². The molecule has 0 aliphatic carbocycles. The SMILES string of the molecule is O=C(Cc1ccc2c(c1)sc1ncnc(Nc3ccc(OCc4cscn4)c(Cl)c3)c12)N1CCCC1. The fourth-order valence-electron chi connectivity index (χ4n) is 4.40. The van der Waals surface area contributed by atoms with E-state index in [0.29, 0.717) is 29.6 Å². The normalized spacial score (nSPS) is 13.5. The molecule has 1 N–H and O–H groups in total. The zero-order valence-electron chi connectivity index (χ0n) is 19.2. The zero-order valence-corrected chi connectivity index (χ0v) is 21.6. The van der Waals surface area contributed by atoms with Crippen LogP contribution in [0.15, 0.2) is 53.6 Å². The fraction of sp³-hybridized carbons (Fsp3) is 0.231. The van der Waals surface area contributed by atoms with Gasteiger partial charge in [-0.2, -0.15) is 0 Å². The highest BCUT2D eigenvalue weighted by Crippen LogP contribution is 2.38. The molecule has 1 amide bonds. The van der Waals surface area contributed by atoms with Crippen molar-refractivity contribution in [1.82, 2.24) is 19.9 Å². The first-order chi connectivity index (χ1) is 17.6. The predicted molar refractivity (Wildman–Crippen MR) is 146 cm³/mol. The Labute approximate surface area is 220 Å². The van der Waals surface area contributed by atoms with Crippen LogP contribution in [0.2, 0.25) is 5.02 Å². The number of nitrogens with zero attached hydrogens (tertiary/aromatic N) is 4. The average Bonchev–Trinajstić information content (AvgIpc) is 3.64. The number of ether oxygens (including phenoxy) is 1. The van der Waals surface area contributed by atoms with Crippen LogP contribution < -0.4 is 10.1 Å². The maximum absolute atomic E-state index is 12.6. The molecule has 7 nitrogen and oxygen atoms in total. The highest BCUT2D eigenvalue weighted by molar-refractivity contribution is 7.25. The molecule has 182 valence electrons. The van der Waals surface area contributed by atoms with E-state index in [2.05, 4.69) is 32.4 Å². The Morgan fingerprint density at radius 1 is 1.11 bits per heavy atom. The zero-order chi connectivity index (χ0) is 24.5. The van der Waals surface area contributed by atoms with Crippen molar-refractivity contribution in [3.63, 3.8) is 0 Å². The van der Waals surface area contributed by atoms with Gasteiger partial charge in [-0.25, -0.2) is 15.0 Å². The summed E-state index contributed by atoms with van der Waals surface area (Å²) in [6.45, 7) is 2.12. The number of hydrogen-bond acceptors (Lipinski definition) is 8. The number of thiophene rings is 1. The Kier molecular flexibility index (Phi) is 6.43. The Morgan fingerprint density at radius 2 is 2.00 bits per heavy atom. The number of carbonyl (C=O) groups is 1. The van der Waals surface area contributed by atoms with Gasteiger partial charge >= 0.3 is 0 Å². The van der Waals surface area contributed by atoms with Gasteiger partial charge in [0.25, 0.3) is 0 Å². The molecule has 6 rings (SSSR count). The van der Waals surface area contributed by atoms with Gasteiger partial charge in [-0.1, -0.05) is 23.7 Å². The third-order valence-corrected chi connectivity index (χ3v) is 8.19. The lowest BCUT2D eigenvalue weighted by molar-refractivity contribution is -0.129. The van der Waals surface area contributed by atoms with Crippen molar-refractivity contribution in [2.24, 2.45) is 0 Å². The monoisotopic (exact) mass is 535 g/mol. The summed E-state index contributed by atoms with van der Waals surface area (Å²) in [6, 6.07) is 11.8. The number of carbonyl (C=O) groups excluding carboxylic acids is 1. The van der Waals surface area contributed by atoms with Crippen LogP contribution in [0.5, 0.6) is 5.75 Å². The second kappa shape index (κ2) is 10.0. The van der Waals surface area contributed by atoms with Gasteiger partial charge in [0, 0.05) is 34.2 Å². The van der Waals surface area contributed by atoms with Crippen LogP contribution in [0, 0.1) is 0 Å². The Hall–Kier alpha value is -3.27. The van der Waals surface area contributed by atoms with E-state index in [0.717, 1.165) is 63.2 Å². The minimum atomic E-state index is 0.200. The van der Waals surface area contributed by atoms with Crippen molar-refractivity contribution in [2.45, 2.75) is 25.9 Å². The topological polar surface area (TPSA) is 80.2 Å². The number of hydrogen-bond donors (Lipinski definition) is 1. The second-order valence-corrected chi connectivity index (χ2v) is 10.8. The van der Waals surface area contributed by atoms with Gasteiger partial charge < -0.3 is 15.0 Å². The van der Waals surface area contributed by atoms with Crippen LogP contribution in [0.1, 0.15) is 24.1 Å². The molecule has 0 saturated carbocycles. The summed E-state index contributed by atoms with van der Waals surface area (Å²) in [7, 11) is 0. The van der Waals surface area contributed by atoms with Crippen LogP contribution in [0.25, 0.3) is 20.3 Å². The lowest BCUT2D eigenvalue weighted by atomic mass is 10.1. The molecule has 0 bridgehead atoms. The molecular weight excluding hydrogens is 514 g/mol.